The summed E-state index contributed by atoms with van der Waals surface area (Å²) in [6.07, 6.45) is 1.57. The van der Waals surface area contributed by atoms with Crippen LogP contribution in [0.15, 0.2) is 30.3 Å². The van der Waals surface area contributed by atoms with Crippen molar-refractivity contribution in [2.75, 3.05) is 12.3 Å². The van der Waals surface area contributed by atoms with Crippen LogP contribution in [-0.2, 0) is 17.6 Å². The van der Waals surface area contributed by atoms with Crippen molar-refractivity contribution in [2.45, 2.75) is 47.5 Å². The largest absolute Gasteiger partial charge is 0.462 e. The van der Waals surface area contributed by atoms with Crippen molar-refractivity contribution >= 4 is 17.4 Å². The van der Waals surface area contributed by atoms with Gasteiger partial charge in [-0.3, -0.25) is 0 Å². The molecule has 0 saturated heterocycles. The molecule has 0 atom stereocenters. The predicted octanol–water partition coefficient (Wildman–Crippen LogP) is 3.75. The van der Waals surface area contributed by atoms with Gasteiger partial charge in [0.15, 0.2) is 5.65 Å². The maximum atomic E-state index is 12.2. The van der Waals surface area contributed by atoms with Crippen LogP contribution in [0.2, 0.25) is 0 Å². The van der Waals surface area contributed by atoms with Crippen molar-refractivity contribution in [1.82, 2.24) is 24.4 Å². The Morgan fingerprint density at radius 2 is 1.81 bits per heavy atom. The van der Waals surface area contributed by atoms with Crippen LogP contribution in [0.25, 0.3) is 11.3 Å². The number of carbonyl (C=O) groups excluding carboxylic acids is 1. The lowest BCUT2D eigenvalue weighted by molar-refractivity contribution is 0.0527. The van der Waals surface area contributed by atoms with Crippen LogP contribution in [0.4, 0.5) is 5.82 Å². The van der Waals surface area contributed by atoms with Gasteiger partial charge < -0.3 is 10.5 Å². The van der Waals surface area contributed by atoms with Gasteiger partial charge in [-0.2, -0.15) is 10.2 Å². The second kappa shape index (κ2) is 8.45. The highest BCUT2D eigenvalue weighted by atomic mass is 16.5. The second-order valence-corrected chi connectivity index (χ2v) is 7.87. The van der Waals surface area contributed by atoms with Gasteiger partial charge in [0.1, 0.15) is 11.4 Å². The van der Waals surface area contributed by atoms with Crippen molar-refractivity contribution in [1.29, 1.82) is 0 Å². The van der Waals surface area contributed by atoms with E-state index < -0.39 is 5.97 Å². The molecule has 32 heavy (non-hydrogen) atoms. The molecule has 0 aliphatic heterocycles. The summed E-state index contributed by atoms with van der Waals surface area (Å²) in [7, 11) is 0. The van der Waals surface area contributed by atoms with Gasteiger partial charge in [-0.1, -0.05) is 19.1 Å². The fourth-order valence-electron chi connectivity index (χ4n) is 4.03. The van der Waals surface area contributed by atoms with Crippen LogP contribution < -0.4 is 5.73 Å². The van der Waals surface area contributed by atoms with Crippen molar-refractivity contribution in [3.8, 4) is 5.69 Å². The van der Waals surface area contributed by atoms with Gasteiger partial charge in [0.05, 0.1) is 23.7 Å². The second-order valence-electron chi connectivity index (χ2n) is 7.87. The van der Waals surface area contributed by atoms with Gasteiger partial charge in [0.25, 0.3) is 0 Å². The number of ether oxygens (including phenoxy) is 1. The molecule has 0 aliphatic carbocycles. The van der Waals surface area contributed by atoms with Gasteiger partial charge in [-0.15, -0.1) is 0 Å². The monoisotopic (exact) mass is 432 g/mol. The lowest BCUT2D eigenvalue weighted by atomic mass is 10.0. The molecule has 0 bridgehead atoms. The summed E-state index contributed by atoms with van der Waals surface area (Å²) in [6.45, 7) is 9.97. The number of rotatable bonds is 6. The third kappa shape index (κ3) is 3.72. The first-order chi connectivity index (χ1) is 15.3. The summed E-state index contributed by atoms with van der Waals surface area (Å²) in [5.74, 6) is -0.177. The molecule has 8 heteroatoms. The van der Waals surface area contributed by atoms with Crippen LogP contribution in [0.3, 0.4) is 0 Å². The molecule has 4 rings (SSSR count). The summed E-state index contributed by atoms with van der Waals surface area (Å²) in [4.78, 5) is 17.0. The maximum Gasteiger partial charge on any atom is 0.343 e. The van der Waals surface area contributed by atoms with Crippen LogP contribution in [0.5, 0.6) is 0 Å². The third-order valence-corrected chi connectivity index (χ3v) is 5.55. The first kappa shape index (κ1) is 21.5. The van der Waals surface area contributed by atoms with E-state index in [9.17, 15) is 4.79 Å². The molecule has 166 valence electrons. The minimum atomic E-state index is -0.455. The van der Waals surface area contributed by atoms with E-state index in [0.717, 1.165) is 52.4 Å². The summed E-state index contributed by atoms with van der Waals surface area (Å²) in [5.41, 5.74) is 14.2. The molecule has 1 aromatic carbocycles. The lowest BCUT2D eigenvalue weighted by Crippen LogP contribution is -2.09. The first-order valence-electron chi connectivity index (χ1n) is 10.8. The highest BCUT2D eigenvalue weighted by molar-refractivity contribution is 5.95. The molecule has 0 aliphatic rings. The number of nitrogens with zero attached hydrogens (tertiary/aromatic N) is 5. The van der Waals surface area contributed by atoms with Crippen LogP contribution in [0.1, 0.15) is 58.1 Å². The van der Waals surface area contributed by atoms with Crippen LogP contribution in [0, 0.1) is 20.8 Å². The third-order valence-electron chi connectivity index (χ3n) is 5.55. The Bertz CT molecular complexity index is 1300. The Morgan fingerprint density at radius 1 is 1.09 bits per heavy atom. The molecule has 0 unspecified atom stereocenters. The minimum Gasteiger partial charge on any atom is -0.462 e. The molecular weight excluding hydrogens is 404 g/mol. The zero-order valence-electron chi connectivity index (χ0n) is 19.1. The molecule has 2 N–H and O–H groups in total. The van der Waals surface area contributed by atoms with E-state index in [2.05, 4.69) is 12.0 Å². The van der Waals surface area contributed by atoms with E-state index in [0.29, 0.717) is 11.3 Å². The zero-order chi connectivity index (χ0) is 23.0. The molecule has 0 saturated carbocycles. The Hall–Kier alpha value is -3.68. The minimum absolute atomic E-state index is 0.278. The SMILES string of the molecule is CCOC(=O)c1c(C)nn(-c2ccc(Cc3c(CC)nn4c(C)cc(C)nc34)cc2)c1N. The number of esters is 1. The molecule has 0 radical (unpaired) electrons. The quantitative estimate of drug-likeness (QED) is 0.466. The number of nitrogens with two attached hydrogens (primary N) is 1. The number of hydrogen-bond acceptors (Lipinski definition) is 6. The Morgan fingerprint density at radius 3 is 2.47 bits per heavy atom. The fourth-order valence-corrected chi connectivity index (χ4v) is 4.03. The van der Waals surface area contributed by atoms with E-state index in [1.165, 1.54) is 0 Å². The van der Waals surface area contributed by atoms with Crippen molar-refractivity contribution < 1.29 is 9.53 Å². The Balaban J connectivity index is 1.67. The number of nitrogen functional groups attached to an aromatic ring is 1. The molecule has 0 fully saturated rings. The standard InChI is InChI=1S/C24H28N6O2/c1-6-20-19(23-26-14(3)12-15(4)29(23)28-20)13-17-8-10-18(11-9-17)30-22(25)21(16(5)27-30)24(31)32-7-2/h8-12H,6-7,13,25H2,1-5H3. The summed E-state index contributed by atoms with van der Waals surface area (Å²) in [6, 6.07) is 10.0. The van der Waals surface area contributed by atoms with Gasteiger partial charge in [0, 0.05) is 23.4 Å². The van der Waals surface area contributed by atoms with E-state index in [4.69, 9.17) is 20.6 Å². The molecule has 0 amide bonds. The number of fused-ring (bicyclic) bond motifs is 1. The van der Waals surface area contributed by atoms with Crippen molar-refractivity contribution in [2.24, 2.45) is 0 Å². The maximum absolute atomic E-state index is 12.2. The molecule has 4 aromatic rings. The zero-order valence-corrected chi connectivity index (χ0v) is 19.1. The summed E-state index contributed by atoms with van der Waals surface area (Å²) < 4.78 is 8.61. The van der Waals surface area contributed by atoms with E-state index >= 15 is 0 Å². The summed E-state index contributed by atoms with van der Waals surface area (Å²) in [5, 5.41) is 9.21. The van der Waals surface area contributed by atoms with E-state index in [-0.39, 0.29) is 12.4 Å². The average molecular weight is 433 g/mol. The molecule has 3 aromatic heterocycles. The first-order valence-corrected chi connectivity index (χ1v) is 10.8. The number of carbonyl (C=O) groups is 1. The van der Waals surface area contributed by atoms with E-state index in [1.807, 2.05) is 48.7 Å². The van der Waals surface area contributed by atoms with Gasteiger partial charge in [-0.05, 0) is 57.9 Å². The van der Waals surface area contributed by atoms with Crippen molar-refractivity contribution in [3.05, 3.63) is 69.8 Å². The van der Waals surface area contributed by atoms with Gasteiger partial charge >= 0.3 is 5.97 Å². The van der Waals surface area contributed by atoms with Crippen LogP contribution in [-0.4, -0.2) is 37.0 Å². The van der Waals surface area contributed by atoms with E-state index in [1.54, 1.807) is 18.5 Å². The van der Waals surface area contributed by atoms with Gasteiger partial charge in [0.2, 0.25) is 0 Å². The molecule has 3 heterocycles. The predicted molar refractivity (Wildman–Crippen MR) is 123 cm³/mol. The lowest BCUT2D eigenvalue weighted by Gasteiger charge is -2.07. The number of benzene rings is 1. The highest BCUT2D eigenvalue weighted by Gasteiger charge is 2.21. The van der Waals surface area contributed by atoms with Crippen molar-refractivity contribution in [3.63, 3.8) is 0 Å². The van der Waals surface area contributed by atoms with Crippen LogP contribution >= 0.6 is 0 Å². The number of aromatic nitrogens is 5. The topological polar surface area (TPSA) is 100 Å². The molecule has 8 nitrogen and oxygen atoms in total. The fraction of sp³-hybridized carbons (Fsp3) is 0.333. The smallest absolute Gasteiger partial charge is 0.343 e. The number of anilines is 1. The highest BCUT2D eigenvalue weighted by Crippen LogP contribution is 2.24. The number of hydrogen-bond donors (Lipinski definition) is 1. The normalized spacial score (nSPS) is 11.3. The average Bonchev–Trinajstić information content (AvgIpc) is 3.25. The summed E-state index contributed by atoms with van der Waals surface area (Å²) >= 11 is 0. The van der Waals surface area contributed by atoms with Gasteiger partial charge in [-0.25, -0.2) is 19.0 Å². The molecular formula is C24H28N6O2. The molecule has 0 spiro atoms. The Labute approximate surface area is 187 Å². The number of aryl methyl sites for hydroxylation is 4. The Kier molecular flexibility index (Phi) is 5.69.